The molecule has 0 radical (unpaired) electrons. The molecule has 0 fully saturated rings. The quantitative estimate of drug-likeness (QED) is 0.147. The highest BCUT2D eigenvalue weighted by Crippen LogP contribution is 2.41. The average molecular weight is 563 g/mol. The molecule has 1 amide bonds. The number of para-hydroxylation sites is 1. The van der Waals surface area contributed by atoms with Crippen LogP contribution in [0.3, 0.4) is 0 Å². The number of unbranched alkanes of at least 4 members (excludes halogenated alkanes) is 2. The Balaban J connectivity index is 1.58. The fourth-order valence-corrected chi connectivity index (χ4v) is 5.00. The highest BCUT2D eigenvalue weighted by molar-refractivity contribution is 6.38. The summed E-state index contributed by atoms with van der Waals surface area (Å²) < 4.78 is 5.89. The molecule has 0 bridgehead atoms. The van der Waals surface area contributed by atoms with Gasteiger partial charge in [0.25, 0.3) is 0 Å². The molecule has 7 heteroatoms. The fourth-order valence-electron chi connectivity index (χ4n) is 4.45. The second kappa shape index (κ2) is 13.5. The highest BCUT2D eigenvalue weighted by atomic mass is 35.5. The van der Waals surface area contributed by atoms with E-state index in [9.17, 15) is 4.79 Å². The predicted octanol–water partition coefficient (Wildman–Crippen LogP) is 8.43. The minimum atomic E-state index is -0.00143. The van der Waals surface area contributed by atoms with Gasteiger partial charge >= 0.3 is 0 Å². The Morgan fingerprint density at radius 3 is 2.49 bits per heavy atom. The number of allylic oxidation sites excluding steroid dienone is 2. The number of aromatic nitrogens is 2. The molecule has 0 saturated carbocycles. The number of nitrogens with zero attached hydrogens (tertiary/aromatic N) is 2. The SMILES string of the molecule is CC/C(=C(/c1ccc(OCCCC/C=C/C(=O)N(C)C)nc1)c1[nH]c2ccccc2c1Cl)c1ccccc1Cl. The lowest BCUT2D eigenvalue weighted by Gasteiger charge is -2.16. The molecular weight excluding hydrogens is 529 g/mol. The van der Waals surface area contributed by atoms with E-state index < -0.39 is 0 Å². The van der Waals surface area contributed by atoms with Crippen LogP contribution in [0.4, 0.5) is 0 Å². The number of rotatable bonds is 11. The van der Waals surface area contributed by atoms with Crippen LogP contribution in [0.2, 0.25) is 10.0 Å². The first-order valence-corrected chi connectivity index (χ1v) is 13.9. The fraction of sp³-hybridized carbons (Fsp3) is 0.250. The third-order valence-electron chi connectivity index (χ3n) is 6.49. The maximum Gasteiger partial charge on any atom is 0.245 e. The number of halogens is 2. The van der Waals surface area contributed by atoms with E-state index in [1.807, 2.05) is 72.9 Å². The molecule has 4 aromatic rings. The van der Waals surface area contributed by atoms with Crippen LogP contribution < -0.4 is 4.74 Å². The van der Waals surface area contributed by atoms with E-state index >= 15 is 0 Å². The lowest BCUT2D eigenvalue weighted by atomic mass is 9.91. The van der Waals surface area contributed by atoms with Gasteiger partial charge in [0.1, 0.15) is 0 Å². The number of fused-ring (bicyclic) bond motifs is 1. The van der Waals surface area contributed by atoms with Crippen LogP contribution in [0.25, 0.3) is 22.0 Å². The molecule has 0 aliphatic carbocycles. The smallest absolute Gasteiger partial charge is 0.245 e. The Labute approximate surface area is 240 Å². The molecule has 0 aliphatic heterocycles. The Hall–Kier alpha value is -3.54. The number of carbonyl (C=O) groups excluding carboxylic acids is 1. The molecule has 4 rings (SSSR count). The number of hydrogen-bond acceptors (Lipinski definition) is 3. The molecule has 0 unspecified atom stereocenters. The number of likely N-dealkylation sites (N-methyl/N-ethyl adjacent to an activating group) is 1. The van der Waals surface area contributed by atoms with E-state index in [2.05, 4.69) is 16.9 Å². The van der Waals surface area contributed by atoms with Gasteiger partial charge in [0.15, 0.2) is 0 Å². The first-order valence-electron chi connectivity index (χ1n) is 13.1. The number of H-pyrrole nitrogens is 1. The zero-order chi connectivity index (χ0) is 27.8. The summed E-state index contributed by atoms with van der Waals surface area (Å²) in [6, 6.07) is 19.8. The first-order chi connectivity index (χ1) is 18.9. The van der Waals surface area contributed by atoms with Crippen molar-refractivity contribution in [3.05, 3.63) is 106 Å². The van der Waals surface area contributed by atoms with Gasteiger partial charge in [-0.25, -0.2) is 4.98 Å². The van der Waals surface area contributed by atoms with Crippen molar-refractivity contribution in [2.75, 3.05) is 20.7 Å². The Kier molecular flexibility index (Phi) is 9.85. The van der Waals surface area contributed by atoms with Gasteiger partial charge in [0.2, 0.25) is 11.8 Å². The summed E-state index contributed by atoms with van der Waals surface area (Å²) in [7, 11) is 3.48. The summed E-state index contributed by atoms with van der Waals surface area (Å²) in [5.74, 6) is 0.563. The normalized spacial score (nSPS) is 12.1. The number of pyridine rings is 1. The second-order valence-electron chi connectivity index (χ2n) is 9.41. The highest BCUT2D eigenvalue weighted by Gasteiger charge is 2.21. The number of nitrogens with one attached hydrogen (secondary N) is 1. The van der Waals surface area contributed by atoms with E-state index in [-0.39, 0.29) is 5.91 Å². The number of hydrogen-bond donors (Lipinski definition) is 1. The standard InChI is InChI=1S/C32H33Cl2N3O2/c1-4-23(24-13-8-10-15-26(24)33)30(32-31(34)25-14-9-11-16-27(25)36-32)22-18-19-28(35-21-22)39-20-12-6-5-7-17-29(38)37(2)3/h7-11,13-19,21,36H,4-6,12,20H2,1-3H3/b17-7+,30-23+. The predicted molar refractivity (Wildman–Crippen MR) is 162 cm³/mol. The lowest BCUT2D eigenvalue weighted by molar-refractivity contribution is -0.123. The monoisotopic (exact) mass is 561 g/mol. The van der Waals surface area contributed by atoms with Crippen molar-refractivity contribution in [2.24, 2.45) is 0 Å². The van der Waals surface area contributed by atoms with Crippen molar-refractivity contribution in [1.29, 1.82) is 0 Å². The van der Waals surface area contributed by atoms with Gasteiger partial charge < -0.3 is 14.6 Å². The molecule has 2 aromatic carbocycles. The van der Waals surface area contributed by atoms with E-state index in [4.69, 9.17) is 27.9 Å². The van der Waals surface area contributed by atoms with E-state index in [1.165, 1.54) is 0 Å². The van der Waals surface area contributed by atoms with Crippen molar-refractivity contribution in [1.82, 2.24) is 14.9 Å². The molecule has 5 nitrogen and oxygen atoms in total. The van der Waals surface area contributed by atoms with Gasteiger partial charge in [-0.3, -0.25) is 4.79 Å². The van der Waals surface area contributed by atoms with Crippen LogP contribution >= 0.6 is 23.2 Å². The number of carbonyl (C=O) groups is 1. The molecule has 2 aromatic heterocycles. The van der Waals surface area contributed by atoms with Gasteiger partial charge in [0.05, 0.1) is 17.3 Å². The van der Waals surface area contributed by atoms with Crippen LogP contribution in [-0.2, 0) is 4.79 Å². The molecular formula is C32H33Cl2N3O2. The topological polar surface area (TPSA) is 58.2 Å². The summed E-state index contributed by atoms with van der Waals surface area (Å²) in [4.78, 5) is 21.3. The molecule has 0 aliphatic rings. The average Bonchev–Trinajstić information content (AvgIpc) is 3.27. The Morgan fingerprint density at radius 1 is 1.03 bits per heavy atom. The van der Waals surface area contributed by atoms with Crippen molar-refractivity contribution in [2.45, 2.75) is 32.6 Å². The zero-order valence-corrected chi connectivity index (χ0v) is 24.0. The second-order valence-corrected chi connectivity index (χ2v) is 10.2. The molecule has 1 N–H and O–H groups in total. The molecule has 0 spiro atoms. The number of aromatic amines is 1. The van der Waals surface area contributed by atoms with Crippen molar-refractivity contribution in [3.63, 3.8) is 0 Å². The maximum absolute atomic E-state index is 11.6. The number of ether oxygens (including phenoxy) is 1. The summed E-state index contributed by atoms with van der Waals surface area (Å²) in [6.07, 6.45) is 8.72. The minimum absolute atomic E-state index is 0.00143. The Bertz CT molecular complexity index is 1490. The van der Waals surface area contributed by atoms with Crippen LogP contribution in [0.15, 0.2) is 79.0 Å². The third kappa shape index (κ3) is 6.92. The minimum Gasteiger partial charge on any atom is -0.478 e. The zero-order valence-electron chi connectivity index (χ0n) is 22.5. The van der Waals surface area contributed by atoms with Crippen LogP contribution in [0, 0.1) is 0 Å². The van der Waals surface area contributed by atoms with E-state index in [1.54, 1.807) is 25.1 Å². The molecule has 202 valence electrons. The number of benzene rings is 2. The van der Waals surface area contributed by atoms with E-state index in [0.717, 1.165) is 64.6 Å². The summed E-state index contributed by atoms with van der Waals surface area (Å²) >= 11 is 13.6. The number of amides is 1. The van der Waals surface area contributed by atoms with Crippen molar-refractivity contribution >= 4 is 51.2 Å². The van der Waals surface area contributed by atoms with Gasteiger partial charge in [-0.2, -0.15) is 0 Å². The molecule has 0 saturated heterocycles. The first kappa shape index (κ1) is 28.5. The third-order valence-corrected chi connectivity index (χ3v) is 7.21. The summed E-state index contributed by atoms with van der Waals surface area (Å²) in [5, 5.41) is 2.32. The molecule has 0 atom stereocenters. The maximum atomic E-state index is 11.6. The molecule has 2 heterocycles. The van der Waals surface area contributed by atoms with E-state index in [0.29, 0.717) is 22.5 Å². The van der Waals surface area contributed by atoms with Gasteiger partial charge in [0, 0.05) is 53.4 Å². The van der Waals surface area contributed by atoms with Crippen LogP contribution in [-0.4, -0.2) is 41.5 Å². The molecule has 39 heavy (non-hydrogen) atoms. The lowest BCUT2D eigenvalue weighted by Crippen LogP contribution is -2.18. The summed E-state index contributed by atoms with van der Waals surface area (Å²) in [5.41, 5.74) is 5.73. The Morgan fingerprint density at radius 2 is 1.79 bits per heavy atom. The van der Waals surface area contributed by atoms with Gasteiger partial charge in [-0.1, -0.05) is 72.6 Å². The largest absolute Gasteiger partial charge is 0.478 e. The van der Waals surface area contributed by atoms with Crippen LogP contribution in [0.1, 0.15) is 49.4 Å². The van der Waals surface area contributed by atoms with Gasteiger partial charge in [-0.15, -0.1) is 0 Å². The summed E-state index contributed by atoms with van der Waals surface area (Å²) in [6.45, 7) is 2.67. The van der Waals surface area contributed by atoms with Gasteiger partial charge in [-0.05, 0) is 61.1 Å². The van der Waals surface area contributed by atoms with Crippen LogP contribution in [0.5, 0.6) is 5.88 Å². The van der Waals surface area contributed by atoms with Crippen molar-refractivity contribution in [3.8, 4) is 5.88 Å². The van der Waals surface area contributed by atoms with Crippen molar-refractivity contribution < 1.29 is 9.53 Å².